The van der Waals surface area contributed by atoms with Gasteiger partial charge in [0.25, 0.3) is 11.2 Å². The average molecular weight is 646 g/mol. The Balaban J connectivity index is 1.87. The minimum atomic E-state index is -0.644. The largest absolute Gasteiger partial charge is 0.431 e. The maximum Gasteiger partial charge on any atom is 0.313 e. The Morgan fingerprint density at radius 2 is 1.87 bits per heavy atom. The molecule has 4 aromatic rings. The zero-order chi connectivity index (χ0) is 27.6. The van der Waals surface area contributed by atoms with E-state index in [-0.39, 0.29) is 28.8 Å². The number of hydrogen-bond donors (Lipinski definition) is 0. The Labute approximate surface area is 231 Å². The van der Waals surface area contributed by atoms with E-state index >= 15 is 0 Å². The van der Waals surface area contributed by atoms with Crippen LogP contribution in [0.3, 0.4) is 0 Å². The molecule has 2 aromatic heterocycles. The molecule has 0 fully saturated rings. The zero-order valence-corrected chi connectivity index (χ0v) is 23.0. The maximum absolute atomic E-state index is 13.4. The van der Waals surface area contributed by atoms with Gasteiger partial charge in [-0.1, -0.05) is 45.7 Å². The normalized spacial score (nSPS) is 12.1. The van der Waals surface area contributed by atoms with Gasteiger partial charge in [0.15, 0.2) is 0 Å². The summed E-state index contributed by atoms with van der Waals surface area (Å²) in [7, 11) is 0. The molecule has 0 unspecified atom stereocenters. The first-order valence-electron chi connectivity index (χ1n) is 11.1. The van der Waals surface area contributed by atoms with Gasteiger partial charge in [0.1, 0.15) is 12.0 Å². The molecule has 4 rings (SSSR count). The van der Waals surface area contributed by atoms with E-state index in [0.29, 0.717) is 32.1 Å². The van der Waals surface area contributed by atoms with Crippen molar-refractivity contribution < 1.29 is 14.6 Å². The van der Waals surface area contributed by atoms with Crippen molar-refractivity contribution >= 4 is 60.4 Å². The topological polar surface area (TPSA) is 156 Å². The molecule has 0 amide bonds. The molecule has 2 aromatic carbocycles. The SMILES string of the molecule is CC[C@@H](C)c1nc2ccc(Br)cc2c(=O)n1N=Cc1cc(Br)cc([N+](=O)[O-])c1Oc1ccc([N+](=O)[O-])cn1. The lowest BCUT2D eigenvalue weighted by molar-refractivity contribution is -0.385. The Morgan fingerprint density at radius 1 is 1.11 bits per heavy atom. The van der Waals surface area contributed by atoms with Crippen LogP contribution in [0.4, 0.5) is 11.4 Å². The molecule has 0 aliphatic carbocycles. The summed E-state index contributed by atoms with van der Waals surface area (Å²) in [5, 5.41) is 27.5. The van der Waals surface area contributed by atoms with Gasteiger partial charge in [0.2, 0.25) is 11.6 Å². The number of nitrogens with zero attached hydrogens (tertiary/aromatic N) is 6. The summed E-state index contributed by atoms with van der Waals surface area (Å²) < 4.78 is 7.93. The molecule has 0 radical (unpaired) electrons. The smallest absolute Gasteiger partial charge is 0.313 e. The van der Waals surface area contributed by atoms with Crippen molar-refractivity contribution in [1.82, 2.24) is 14.6 Å². The first kappa shape index (κ1) is 27.0. The number of nitro benzene ring substituents is 1. The highest BCUT2D eigenvalue weighted by Gasteiger charge is 2.23. The fourth-order valence-electron chi connectivity index (χ4n) is 3.49. The number of rotatable bonds is 8. The molecule has 0 bridgehead atoms. The van der Waals surface area contributed by atoms with Crippen LogP contribution in [0, 0.1) is 20.2 Å². The summed E-state index contributed by atoms with van der Waals surface area (Å²) in [4.78, 5) is 43.4. The first-order valence-corrected chi connectivity index (χ1v) is 12.7. The van der Waals surface area contributed by atoms with Gasteiger partial charge in [-0.3, -0.25) is 25.0 Å². The average Bonchev–Trinajstić information content (AvgIpc) is 2.89. The lowest BCUT2D eigenvalue weighted by Gasteiger charge is -2.14. The number of pyridine rings is 1. The first-order chi connectivity index (χ1) is 18.1. The minimum absolute atomic E-state index is 0.106. The van der Waals surface area contributed by atoms with Gasteiger partial charge in [-0.25, -0.2) is 9.97 Å². The van der Waals surface area contributed by atoms with Crippen LogP contribution in [0.1, 0.15) is 37.6 Å². The second-order valence-corrected chi connectivity index (χ2v) is 9.95. The van der Waals surface area contributed by atoms with Crippen molar-refractivity contribution in [2.75, 3.05) is 0 Å². The standard InChI is InChI=1S/C24H18Br2N6O6/c1-3-13(2)23-29-19-6-4-15(25)9-18(19)24(33)30(23)28-11-14-8-16(26)10-20(32(36)37)22(14)38-21-7-5-17(12-27-21)31(34)35/h4-13H,3H2,1-2H3/t13-/m1/s1. The molecule has 194 valence electrons. The lowest BCUT2D eigenvalue weighted by Crippen LogP contribution is -2.23. The van der Waals surface area contributed by atoms with E-state index in [0.717, 1.165) is 12.3 Å². The third-order valence-electron chi connectivity index (χ3n) is 5.60. The minimum Gasteiger partial charge on any atom is -0.431 e. The fourth-order valence-corrected chi connectivity index (χ4v) is 4.31. The number of fused-ring (bicyclic) bond motifs is 1. The van der Waals surface area contributed by atoms with Crippen molar-refractivity contribution in [2.45, 2.75) is 26.2 Å². The molecule has 2 heterocycles. The monoisotopic (exact) mass is 644 g/mol. The Morgan fingerprint density at radius 3 is 2.50 bits per heavy atom. The molecule has 1 atom stereocenters. The highest BCUT2D eigenvalue weighted by Crippen LogP contribution is 2.37. The van der Waals surface area contributed by atoms with Gasteiger partial charge in [-0.15, -0.1) is 0 Å². The van der Waals surface area contributed by atoms with Gasteiger partial charge in [0.05, 0.1) is 27.0 Å². The van der Waals surface area contributed by atoms with Crippen LogP contribution < -0.4 is 10.3 Å². The summed E-state index contributed by atoms with van der Waals surface area (Å²) in [6.07, 6.45) is 2.93. The van der Waals surface area contributed by atoms with Crippen molar-refractivity contribution in [3.63, 3.8) is 0 Å². The van der Waals surface area contributed by atoms with Gasteiger partial charge in [-0.05, 0) is 30.7 Å². The van der Waals surface area contributed by atoms with Crippen molar-refractivity contribution in [2.24, 2.45) is 5.10 Å². The second kappa shape index (κ2) is 11.1. The number of aromatic nitrogens is 3. The van der Waals surface area contributed by atoms with E-state index in [4.69, 9.17) is 4.74 Å². The molecule has 0 saturated carbocycles. The van der Waals surface area contributed by atoms with E-state index < -0.39 is 21.1 Å². The highest BCUT2D eigenvalue weighted by molar-refractivity contribution is 9.10. The van der Waals surface area contributed by atoms with Crippen LogP contribution in [0.25, 0.3) is 10.9 Å². The Bertz CT molecular complexity index is 1660. The van der Waals surface area contributed by atoms with Gasteiger partial charge in [-0.2, -0.15) is 9.78 Å². The molecular weight excluding hydrogens is 628 g/mol. The molecule has 0 N–H and O–H groups in total. The predicted octanol–water partition coefficient (Wildman–Crippen LogP) is 6.32. The quantitative estimate of drug-likeness (QED) is 0.122. The summed E-state index contributed by atoms with van der Waals surface area (Å²) in [6, 6.07) is 10.3. The number of benzene rings is 2. The summed E-state index contributed by atoms with van der Waals surface area (Å²) >= 11 is 6.63. The molecule has 14 heteroatoms. The van der Waals surface area contributed by atoms with Crippen LogP contribution in [0.2, 0.25) is 0 Å². The van der Waals surface area contributed by atoms with E-state index in [1.54, 1.807) is 18.2 Å². The molecule has 0 aliphatic rings. The fraction of sp³-hybridized carbons (Fsp3) is 0.167. The summed E-state index contributed by atoms with van der Waals surface area (Å²) in [6.45, 7) is 3.87. The van der Waals surface area contributed by atoms with Crippen molar-refractivity contribution in [3.8, 4) is 11.6 Å². The lowest BCUT2D eigenvalue weighted by atomic mass is 10.1. The van der Waals surface area contributed by atoms with Crippen LogP contribution in [-0.2, 0) is 0 Å². The third-order valence-corrected chi connectivity index (χ3v) is 6.55. The second-order valence-electron chi connectivity index (χ2n) is 8.12. The third kappa shape index (κ3) is 5.60. The van der Waals surface area contributed by atoms with Crippen molar-refractivity contribution in [1.29, 1.82) is 0 Å². The number of halogens is 2. The summed E-state index contributed by atoms with van der Waals surface area (Å²) in [5.41, 5.74) is -0.409. The van der Waals surface area contributed by atoms with E-state index in [1.165, 1.54) is 29.1 Å². The molecule has 0 aliphatic heterocycles. The molecule has 12 nitrogen and oxygen atoms in total. The van der Waals surface area contributed by atoms with Crippen LogP contribution in [-0.4, -0.2) is 30.7 Å². The summed E-state index contributed by atoms with van der Waals surface area (Å²) in [5.74, 6) is -0.0133. The number of ether oxygens (including phenoxy) is 1. The maximum atomic E-state index is 13.4. The Hall–Kier alpha value is -4.04. The Kier molecular flexibility index (Phi) is 7.92. The van der Waals surface area contributed by atoms with Gasteiger partial charge >= 0.3 is 5.69 Å². The van der Waals surface area contributed by atoms with E-state index in [1.807, 2.05) is 13.8 Å². The molecule has 38 heavy (non-hydrogen) atoms. The molecule has 0 spiro atoms. The number of nitro groups is 2. The van der Waals surface area contributed by atoms with Crippen molar-refractivity contribution in [3.05, 3.63) is 99.6 Å². The van der Waals surface area contributed by atoms with E-state index in [9.17, 15) is 25.0 Å². The highest BCUT2D eigenvalue weighted by atomic mass is 79.9. The van der Waals surface area contributed by atoms with Crippen LogP contribution in [0.5, 0.6) is 11.6 Å². The molecule has 0 saturated heterocycles. The zero-order valence-electron chi connectivity index (χ0n) is 19.9. The van der Waals surface area contributed by atoms with Crippen LogP contribution >= 0.6 is 31.9 Å². The van der Waals surface area contributed by atoms with E-state index in [2.05, 4.69) is 46.9 Å². The predicted molar refractivity (Wildman–Crippen MR) is 147 cm³/mol. The molecular formula is C24H18Br2N6O6. The van der Waals surface area contributed by atoms with Gasteiger partial charge in [0, 0.05) is 38.6 Å². The van der Waals surface area contributed by atoms with Gasteiger partial charge < -0.3 is 4.74 Å². The number of hydrogen-bond acceptors (Lipinski definition) is 9. The van der Waals surface area contributed by atoms with Crippen LogP contribution in [0.15, 0.2) is 67.5 Å².